The molecule has 20 heavy (non-hydrogen) atoms. The van der Waals surface area contributed by atoms with E-state index in [2.05, 4.69) is 0 Å². The summed E-state index contributed by atoms with van der Waals surface area (Å²) in [6, 6.07) is 12.9. The van der Waals surface area contributed by atoms with Gasteiger partial charge in [-0.1, -0.05) is 29.8 Å². The van der Waals surface area contributed by atoms with Crippen LogP contribution >= 0.6 is 0 Å². The van der Waals surface area contributed by atoms with Gasteiger partial charge in [0.1, 0.15) is 24.1 Å². The molecule has 104 valence electrons. The molecule has 0 aliphatic heterocycles. The zero-order valence-electron chi connectivity index (χ0n) is 11.0. The predicted octanol–water partition coefficient (Wildman–Crippen LogP) is 3.38. The highest BCUT2D eigenvalue weighted by molar-refractivity contribution is 5.76. The number of carboxylic acid groups (broad SMARTS) is 1. The minimum absolute atomic E-state index is 0.0398. The maximum atomic E-state index is 13.2. The van der Waals surface area contributed by atoms with E-state index >= 15 is 0 Å². The fraction of sp³-hybridized carbons (Fsp3) is 0.188. The van der Waals surface area contributed by atoms with E-state index in [4.69, 9.17) is 4.74 Å². The Morgan fingerprint density at radius 1 is 1.25 bits per heavy atom. The molecule has 2 rings (SSSR count). The Balaban J connectivity index is 2.10. The first kappa shape index (κ1) is 14.1. The maximum absolute atomic E-state index is 13.2. The van der Waals surface area contributed by atoms with Crippen molar-refractivity contribution in [3.05, 3.63) is 65.5 Å². The molecule has 0 aliphatic rings. The molecule has 2 aromatic rings. The fourth-order valence-electron chi connectivity index (χ4n) is 1.85. The van der Waals surface area contributed by atoms with Crippen molar-refractivity contribution in [2.75, 3.05) is 6.61 Å². The van der Waals surface area contributed by atoms with Crippen molar-refractivity contribution in [3.8, 4) is 5.75 Å². The minimum Gasteiger partial charge on any atom is -0.492 e. The highest BCUT2D eigenvalue weighted by Crippen LogP contribution is 2.20. The van der Waals surface area contributed by atoms with E-state index in [-0.39, 0.29) is 6.61 Å². The molecule has 1 atom stereocenters. The molecule has 0 amide bonds. The maximum Gasteiger partial charge on any atom is 0.314 e. The Kier molecular flexibility index (Phi) is 4.35. The molecular formula is C16H15FO3. The van der Waals surface area contributed by atoms with E-state index in [0.29, 0.717) is 11.3 Å². The van der Waals surface area contributed by atoms with Crippen LogP contribution in [0.1, 0.15) is 17.0 Å². The summed E-state index contributed by atoms with van der Waals surface area (Å²) in [6.45, 7) is 1.92. The lowest BCUT2D eigenvalue weighted by Gasteiger charge is -2.14. The van der Waals surface area contributed by atoms with Gasteiger partial charge in [0.25, 0.3) is 0 Å². The van der Waals surface area contributed by atoms with E-state index in [1.165, 1.54) is 18.2 Å². The number of aliphatic carboxylic acids is 1. The van der Waals surface area contributed by atoms with E-state index < -0.39 is 17.7 Å². The summed E-state index contributed by atoms with van der Waals surface area (Å²) in [6.07, 6.45) is 0. The minimum atomic E-state index is -1.04. The van der Waals surface area contributed by atoms with Crippen LogP contribution in [0.5, 0.6) is 5.75 Å². The average molecular weight is 274 g/mol. The van der Waals surface area contributed by atoms with Crippen LogP contribution in [0.4, 0.5) is 4.39 Å². The molecule has 0 saturated carbocycles. The van der Waals surface area contributed by atoms with Gasteiger partial charge in [-0.2, -0.15) is 0 Å². The normalized spacial score (nSPS) is 11.9. The lowest BCUT2D eigenvalue weighted by Crippen LogP contribution is -2.19. The van der Waals surface area contributed by atoms with Gasteiger partial charge in [-0.25, -0.2) is 4.39 Å². The molecule has 0 spiro atoms. The second-order valence-electron chi connectivity index (χ2n) is 4.57. The predicted molar refractivity (Wildman–Crippen MR) is 73.5 cm³/mol. The summed E-state index contributed by atoms with van der Waals surface area (Å²) in [5.74, 6) is -1.79. The Morgan fingerprint density at radius 2 is 1.95 bits per heavy atom. The van der Waals surface area contributed by atoms with Crippen LogP contribution < -0.4 is 4.74 Å². The number of rotatable bonds is 5. The molecule has 0 radical (unpaired) electrons. The van der Waals surface area contributed by atoms with Crippen LogP contribution in [0.25, 0.3) is 0 Å². The summed E-state index contributed by atoms with van der Waals surface area (Å²) in [4.78, 5) is 11.3. The van der Waals surface area contributed by atoms with E-state index in [1.54, 1.807) is 18.2 Å². The largest absolute Gasteiger partial charge is 0.492 e. The second kappa shape index (κ2) is 6.19. The van der Waals surface area contributed by atoms with Gasteiger partial charge in [0.15, 0.2) is 0 Å². The van der Waals surface area contributed by atoms with Gasteiger partial charge in [0.05, 0.1) is 0 Å². The molecule has 0 saturated heterocycles. The summed E-state index contributed by atoms with van der Waals surface area (Å²) >= 11 is 0. The zero-order chi connectivity index (χ0) is 14.5. The van der Waals surface area contributed by atoms with Crippen LogP contribution in [0.3, 0.4) is 0 Å². The number of hydrogen-bond acceptors (Lipinski definition) is 2. The van der Waals surface area contributed by atoms with Gasteiger partial charge in [0.2, 0.25) is 0 Å². The number of carbonyl (C=O) groups is 1. The monoisotopic (exact) mass is 274 g/mol. The van der Waals surface area contributed by atoms with Crippen LogP contribution in [-0.2, 0) is 4.79 Å². The van der Waals surface area contributed by atoms with Gasteiger partial charge in [-0.05, 0) is 36.8 Å². The smallest absolute Gasteiger partial charge is 0.314 e. The number of benzene rings is 2. The molecule has 0 bridgehead atoms. The number of aryl methyl sites for hydroxylation is 1. The average Bonchev–Trinajstić information content (AvgIpc) is 2.41. The first-order valence-electron chi connectivity index (χ1n) is 6.24. The summed E-state index contributed by atoms with van der Waals surface area (Å²) < 4.78 is 18.6. The highest BCUT2D eigenvalue weighted by atomic mass is 19.1. The third kappa shape index (κ3) is 3.57. The van der Waals surface area contributed by atoms with Crippen molar-refractivity contribution in [2.45, 2.75) is 12.8 Å². The van der Waals surface area contributed by atoms with Crippen molar-refractivity contribution >= 4 is 5.97 Å². The van der Waals surface area contributed by atoms with E-state index in [1.807, 2.05) is 19.1 Å². The molecule has 0 fully saturated rings. The lowest BCUT2D eigenvalue weighted by atomic mass is 10.0. The van der Waals surface area contributed by atoms with Crippen molar-refractivity contribution < 1.29 is 19.0 Å². The quantitative estimate of drug-likeness (QED) is 0.909. The molecule has 1 unspecified atom stereocenters. The molecule has 3 nitrogen and oxygen atoms in total. The van der Waals surface area contributed by atoms with Crippen molar-refractivity contribution in [2.24, 2.45) is 0 Å². The Hall–Kier alpha value is -2.36. The Bertz CT molecular complexity index is 593. The molecular weight excluding hydrogens is 259 g/mol. The van der Waals surface area contributed by atoms with Crippen molar-refractivity contribution in [1.29, 1.82) is 0 Å². The molecule has 1 N–H and O–H groups in total. The Labute approximate surface area is 116 Å². The van der Waals surface area contributed by atoms with Crippen molar-refractivity contribution in [1.82, 2.24) is 0 Å². The first-order valence-corrected chi connectivity index (χ1v) is 6.24. The van der Waals surface area contributed by atoms with Crippen LogP contribution in [0, 0.1) is 12.7 Å². The molecule has 0 aromatic heterocycles. The number of ether oxygens (including phenoxy) is 1. The lowest BCUT2D eigenvalue weighted by molar-refractivity contribution is -0.139. The third-order valence-corrected chi connectivity index (χ3v) is 2.99. The van der Waals surface area contributed by atoms with Gasteiger partial charge >= 0.3 is 5.97 Å². The highest BCUT2D eigenvalue weighted by Gasteiger charge is 2.21. The number of hydrogen-bond donors (Lipinski definition) is 1. The summed E-state index contributed by atoms with van der Waals surface area (Å²) in [5.41, 5.74) is 1.49. The summed E-state index contributed by atoms with van der Waals surface area (Å²) in [5, 5.41) is 9.24. The van der Waals surface area contributed by atoms with Gasteiger partial charge in [0, 0.05) is 0 Å². The van der Waals surface area contributed by atoms with Gasteiger partial charge < -0.3 is 9.84 Å². The fourth-order valence-corrected chi connectivity index (χ4v) is 1.85. The SMILES string of the molecule is Cc1ccc(OCC(C(=O)O)c2cccc(F)c2)cc1. The first-order chi connectivity index (χ1) is 9.56. The van der Waals surface area contributed by atoms with Gasteiger partial charge in [-0.15, -0.1) is 0 Å². The Morgan fingerprint density at radius 3 is 2.55 bits per heavy atom. The molecule has 0 aliphatic carbocycles. The van der Waals surface area contributed by atoms with E-state index in [9.17, 15) is 14.3 Å². The molecule has 2 aromatic carbocycles. The van der Waals surface area contributed by atoms with Crippen molar-refractivity contribution in [3.63, 3.8) is 0 Å². The standard InChI is InChI=1S/C16H15FO3/c1-11-5-7-14(8-6-11)20-10-15(16(18)19)12-3-2-4-13(17)9-12/h2-9,15H,10H2,1H3,(H,18,19). The molecule has 0 heterocycles. The zero-order valence-corrected chi connectivity index (χ0v) is 11.0. The van der Waals surface area contributed by atoms with Gasteiger partial charge in [-0.3, -0.25) is 4.79 Å². The van der Waals surface area contributed by atoms with Crippen LogP contribution in [0.15, 0.2) is 48.5 Å². The number of carboxylic acids is 1. The second-order valence-corrected chi connectivity index (χ2v) is 4.57. The van der Waals surface area contributed by atoms with Crippen LogP contribution in [-0.4, -0.2) is 17.7 Å². The number of halogens is 1. The van der Waals surface area contributed by atoms with E-state index in [0.717, 1.165) is 5.56 Å². The van der Waals surface area contributed by atoms with Crippen LogP contribution in [0.2, 0.25) is 0 Å². The third-order valence-electron chi connectivity index (χ3n) is 2.99. The topological polar surface area (TPSA) is 46.5 Å². The summed E-state index contributed by atoms with van der Waals surface area (Å²) in [7, 11) is 0. The molecule has 4 heteroatoms.